The van der Waals surface area contributed by atoms with Crippen LogP contribution < -0.4 is 5.32 Å². The van der Waals surface area contributed by atoms with Crippen molar-refractivity contribution >= 4 is 5.91 Å². The molecule has 19 heavy (non-hydrogen) atoms. The first-order chi connectivity index (χ1) is 9.11. The molecule has 0 aromatic heterocycles. The van der Waals surface area contributed by atoms with E-state index in [2.05, 4.69) is 31.3 Å². The Kier molecular flexibility index (Phi) is 4.59. The van der Waals surface area contributed by atoms with E-state index >= 15 is 0 Å². The highest BCUT2D eigenvalue weighted by Gasteiger charge is 2.16. The molecule has 0 saturated heterocycles. The van der Waals surface area contributed by atoms with Gasteiger partial charge in [0, 0.05) is 25.7 Å². The predicted molar refractivity (Wildman–Crippen MR) is 78.3 cm³/mol. The molecule has 1 amide bonds. The number of carbonyl (C=O) groups is 1. The number of nitrogens with zero attached hydrogens (tertiary/aromatic N) is 1. The first kappa shape index (κ1) is 14.1. The van der Waals surface area contributed by atoms with E-state index < -0.39 is 0 Å². The smallest absolute Gasteiger partial charge is 0.253 e. The monoisotopic (exact) mass is 260 g/mol. The molecule has 0 fully saturated rings. The zero-order valence-electron chi connectivity index (χ0n) is 12.2. The van der Waals surface area contributed by atoms with Gasteiger partial charge in [-0.15, -0.1) is 0 Å². The maximum Gasteiger partial charge on any atom is 0.253 e. The Morgan fingerprint density at radius 2 is 2.21 bits per heavy atom. The highest BCUT2D eigenvalue weighted by atomic mass is 16.2. The van der Waals surface area contributed by atoms with Crippen LogP contribution in [0.4, 0.5) is 0 Å². The summed E-state index contributed by atoms with van der Waals surface area (Å²) in [5.74, 6) is 0.682. The van der Waals surface area contributed by atoms with E-state index in [1.54, 1.807) is 0 Å². The molecule has 1 aromatic carbocycles. The van der Waals surface area contributed by atoms with Crippen LogP contribution in [-0.2, 0) is 13.0 Å². The highest BCUT2D eigenvalue weighted by molar-refractivity contribution is 5.94. The van der Waals surface area contributed by atoms with Crippen LogP contribution in [0.15, 0.2) is 18.2 Å². The molecule has 1 N–H and O–H groups in total. The van der Waals surface area contributed by atoms with E-state index in [1.807, 2.05) is 18.0 Å². The molecule has 0 saturated carbocycles. The zero-order chi connectivity index (χ0) is 13.8. The van der Waals surface area contributed by atoms with Gasteiger partial charge in [-0.1, -0.05) is 26.3 Å². The highest BCUT2D eigenvalue weighted by Crippen LogP contribution is 2.17. The largest absolute Gasteiger partial charge is 0.341 e. The van der Waals surface area contributed by atoms with Crippen LogP contribution in [0.3, 0.4) is 0 Å². The molecular weight excluding hydrogens is 236 g/mol. The van der Waals surface area contributed by atoms with Crippen molar-refractivity contribution in [1.29, 1.82) is 0 Å². The van der Waals surface area contributed by atoms with E-state index in [-0.39, 0.29) is 5.91 Å². The lowest BCUT2D eigenvalue weighted by molar-refractivity contribution is 0.0775. The molecule has 1 aromatic rings. The van der Waals surface area contributed by atoms with E-state index in [9.17, 15) is 4.79 Å². The fourth-order valence-corrected chi connectivity index (χ4v) is 2.51. The van der Waals surface area contributed by atoms with Gasteiger partial charge in [-0.05, 0) is 42.1 Å². The minimum atomic E-state index is 0.133. The van der Waals surface area contributed by atoms with E-state index in [1.165, 1.54) is 11.1 Å². The Morgan fingerprint density at radius 3 is 2.95 bits per heavy atom. The summed E-state index contributed by atoms with van der Waals surface area (Å²) in [6.07, 6.45) is 2.16. The molecule has 3 nitrogen and oxygen atoms in total. The number of carbonyl (C=O) groups excluding carboxylic acids is 1. The van der Waals surface area contributed by atoms with Crippen LogP contribution >= 0.6 is 0 Å². The summed E-state index contributed by atoms with van der Waals surface area (Å²) in [5.41, 5.74) is 3.46. The van der Waals surface area contributed by atoms with Gasteiger partial charge >= 0.3 is 0 Å². The van der Waals surface area contributed by atoms with Crippen LogP contribution in [-0.4, -0.2) is 30.9 Å². The Bertz CT molecular complexity index is 456. The molecule has 0 bridgehead atoms. The minimum absolute atomic E-state index is 0.133. The number of rotatable bonds is 4. The SMILES string of the molecule is CCC(C)CN(C)C(=O)c1ccc2c(c1)CNCC2. The lowest BCUT2D eigenvalue weighted by Crippen LogP contribution is -2.31. The molecule has 3 heteroatoms. The second-order valence-corrected chi connectivity index (χ2v) is 5.61. The van der Waals surface area contributed by atoms with Crippen molar-refractivity contribution in [2.24, 2.45) is 5.92 Å². The molecule has 2 rings (SSSR count). The Labute approximate surface area is 116 Å². The summed E-state index contributed by atoms with van der Waals surface area (Å²) in [4.78, 5) is 14.2. The molecule has 0 radical (unpaired) electrons. The van der Waals surface area contributed by atoms with Gasteiger partial charge in [0.05, 0.1) is 0 Å². The van der Waals surface area contributed by atoms with Gasteiger partial charge in [-0.3, -0.25) is 4.79 Å². The lowest BCUT2D eigenvalue weighted by Gasteiger charge is -2.22. The molecule has 1 heterocycles. The average molecular weight is 260 g/mol. The number of nitrogens with one attached hydrogen (secondary N) is 1. The van der Waals surface area contributed by atoms with Gasteiger partial charge in [0.1, 0.15) is 0 Å². The van der Waals surface area contributed by atoms with E-state index in [0.29, 0.717) is 5.92 Å². The predicted octanol–water partition coefficient (Wildman–Crippen LogP) is 2.45. The van der Waals surface area contributed by atoms with Gasteiger partial charge < -0.3 is 10.2 Å². The molecular formula is C16H24N2O. The van der Waals surface area contributed by atoms with Crippen LogP contribution in [0.1, 0.15) is 41.8 Å². The van der Waals surface area contributed by atoms with Crippen molar-refractivity contribution < 1.29 is 4.79 Å². The second kappa shape index (κ2) is 6.20. The molecule has 0 aliphatic carbocycles. The number of hydrogen-bond donors (Lipinski definition) is 1. The van der Waals surface area contributed by atoms with Crippen molar-refractivity contribution in [3.05, 3.63) is 34.9 Å². The third kappa shape index (κ3) is 3.35. The molecule has 104 valence electrons. The zero-order valence-corrected chi connectivity index (χ0v) is 12.2. The first-order valence-corrected chi connectivity index (χ1v) is 7.19. The summed E-state index contributed by atoms with van der Waals surface area (Å²) in [6, 6.07) is 6.14. The number of fused-ring (bicyclic) bond motifs is 1. The number of hydrogen-bond acceptors (Lipinski definition) is 2. The summed E-state index contributed by atoms with van der Waals surface area (Å²) >= 11 is 0. The fourth-order valence-electron chi connectivity index (χ4n) is 2.51. The van der Waals surface area contributed by atoms with Gasteiger partial charge in [-0.25, -0.2) is 0 Å². The van der Waals surface area contributed by atoms with Crippen LogP contribution in [0.25, 0.3) is 0 Å². The number of amides is 1. The third-order valence-corrected chi connectivity index (χ3v) is 3.97. The summed E-state index contributed by atoms with van der Waals surface area (Å²) < 4.78 is 0. The van der Waals surface area contributed by atoms with Crippen molar-refractivity contribution in [2.75, 3.05) is 20.1 Å². The van der Waals surface area contributed by atoms with Gasteiger partial charge in [0.2, 0.25) is 0 Å². The van der Waals surface area contributed by atoms with Crippen molar-refractivity contribution in [3.63, 3.8) is 0 Å². The first-order valence-electron chi connectivity index (χ1n) is 7.19. The normalized spacial score (nSPS) is 15.7. The summed E-state index contributed by atoms with van der Waals surface area (Å²) in [7, 11) is 1.90. The third-order valence-electron chi connectivity index (χ3n) is 3.97. The Morgan fingerprint density at radius 1 is 1.42 bits per heavy atom. The molecule has 0 spiro atoms. The maximum absolute atomic E-state index is 12.4. The second-order valence-electron chi connectivity index (χ2n) is 5.61. The number of benzene rings is 1. The van der Waals surface area contributed by atoms with E-state index in [4.69, 9.17) is 0 Å². The maximum atomic E-state index is 12.4. The average Bonchev–Trinajstić information content (AvgIpc) is 2.45. The van der Waals surface area contributed by atoms with Crippen molar-refractivity contribution in [3.8, 4) is 0 Å². The Balaban J connectivity index is 2.10. The molecule has 1 unspecified atom stereocenters. The van der Waals surface area contributed by atoms with Gasteiger partial charge in [-0.2, -0.15) is 0 Å². The van der Waals surface area contributed by atoms with Gasteiger partial charge in [0.15, 0.2) is 0 Å². The lowest BCUT2D eigenvalue weighted by atomic mass is 9.98. The molecule has 1 aliphatic rings. The quantitative estimate of drug-likeness (QED) is 0.902. The van der Waals surface area contributed by atoms with Gasteiger partial charge in [0.25, 0.3) is 5.91 Å². The standard InChI is InChI=1S/C16H24N2O/c1-4-12(2)11-18(3)16(19)14-6-5-13-7-8-17-10-15(13)9-14/h5-6,9,12,17H,4,7-8,10-11H2,1-3H3. The van der Waals surface area contributed by atoms with Crippen LogP contribution in [0.5, 0.6) is 0 Å². The van der Waals surface area contributed by atoms with E-state index in [0.717, 1.165) is 38.0 Å². The molecule has 1 aliphatic heterocycles. The summed E-state index contributed by atoms with van der Waals surface area (Å²) in [6.45, 7) is 7.08. The minimum Gasteiger partial charge on any atom is -0.341 e. The fraction of sp³-hybridized carbons (Fsp3) is 0.562. The summed E-state index contributed by atoms with van der Waals surface area (Å²) in [5, 5.41) is 3.35. The topological polar surface area (TPSA) is 32.3 Å². The van der Waals surface area contributed by atoms with Crippen LogP contribution in [0, 0.1) is 5.92 Å². The van der Waals surface area contributed by atoms with Crippen LogP contribution in [0.2, 0.25) is 0 Å². The van der Waals surface area contributed by atoms with Crippen molar-refractivity contribution in [1.82, 2.24) is 10.2 Å². The molecule has 1 atom stereocenters. The Hall–Kier alpha value is -1.35. The van der Waals surface area contributed by atoms with Crippen molar-refractivity contribution in [2.45, 2.75) is 33.2 Å².